The zero-order valence-electron chi connectivity index (χ0n) is 8.72. The number of H-pyrrole nitrogens is 1. The van der Waals surface area contributed by atoms with Crippen molar-refractivity contribution in [1.29, 1.82) is 0 Å². The number of imidazole rings is 1. The molecule has 0 radical (unpaired) electrons. The SMILES string of the molecule is Cc1ncc(CNc2cc(F)ccc2Cl)[nH]1. The molecule has 2 aromatic rings. The Balaban J connectivity index is 2.07. The molecular weight excluding hydrogens is 229 g/mol. The van der Waals surface area contributed by atoms with E-state index in [0.29, 0.717) is 17.3 Å². The molecule has 0 aliphatic rings. The first-order valence-electron chi connectivity index (χ1n) is 4.84. The number of aryl methyl sites for hydroxylation is 1. The van der Waals surface area contributed by atoms with Crippen LogP contribution in [-0.4, -0.2) is 9.97 Å². The lowest BCUT2D eigenvalue weighted by Gasteiger charge is -2.06. The highest BCUT2D eigenvalue weighted by molar-refractivity contribution is 6.33. The van der Waals surface area contributed by atoms with E-state index in [9.17, 15) is 4.39 Å². The van der Waals surface area contributed by atoms with Gasteiger partial charge in [0, 0.05) is 0 Å². The summed E-state index contributed by atoms with van der Waals surface area (Å²) in [7, 11) is 0. The van der Waals surface area contributed by atoms with Gasteiger partial charge in [-0.15, -0.1) is 0 Å². The van der Waals surface area contributed by atoms with Crippen molar-refractivity contribution in [2.24, 2.45) is 0 Å². The first-order valence-corrected chi connectivity index (χ1v) is 5.22. The number of nitrogens with zero attached hydrogens (tertiary/aromatic N) is 1. The van der Waals surface area contributed by atoms with Gasteiger partial charge in [0.2, 0.25) is 0 Å². The van der Waals surface area contributed by atoms with Crippen LogP contribution >= 0.6 is 11.6 Å². The van der Waals surface area contributed by atoms with Gasteiger partial charge in [-0.1, -0.05) is 11.6 Å². The van der Waals surface area contributed by atoms with Gasteiger partial charge in [0.15, 0.2) is 0 Å². The summed E-state index contributed by atoms with van der Waals surface area (Å²) in [6, 6.07) is 4.22. The number of aromatic nitrogens is 2. The summed E-state index contributed by atoms with van der Waals surface area (Å²) in [4.78, 5) is 7.14. The minimum atomic E-state index is -0.312. The van der Waals surface area contributed by atoms with Gasteiger partial charge >= 0.3 is 0 Å². The summed E-state index contributed by atoms with van der Waals surface area (Å²) in [5.41, 5.74) is 1.51. The van der Waals surface area contributed by atoms with E-state index < -0.39 is 0 Å². The number of halogens is 2. The van der Waals surface area contributed by atoms with E-state index in [4.69, 9.17) is 11.6 Å². The van der Waals surface area contributed by atoms with Crippen molar-refractivity contribution in [3.63, 3.8) is 0 Å². The van der Waals surface area contributed by atoms with Crippen molar-refractivity contribution in [3.8, 4) is 0 Å². The Hall–Kier alpha value is -1.55. The normalized spacial score (nSPS) is 10.4. The second kappa shape index (κ2) is 4.53. The maximum absolute atomic E-state index is 13.0. The molecule has 0 spiro atoms. The molecule has 0 amide bonds. The third kappa shape index (κ3) is 2.52. The van der Waals surface area contributed by atoms with Crippen LogP contribution in [0.4, 0.5) is 10.1 Å². The summed E-state index contributed by atoms with van der Waals surface area (Å²) in [5.74, 6) is 0.537. The van der Waals surface area contributed by atoms with Crippen molar-refractivity contribution in [1.82, 2.24) is 9.97 Å². The molecule has 0 unspecified atom stereocenters. The first-order chi connectivity index (χ1) is 7.65. The Morgan fingerprint density at radius 2 is 2.31 bits per heavy atom. The third-order valence-corrected chi connectivity index (χ3v) is 2.48. The van der Waals surface area contributed by atoms with Gasteiger partial charge in [0.25, 0.3) is 0 Å². The number of rotatable bonds is 3. The van der Waals surface area contributed by atoms with Gasteiger partial charge in [-0.2, -0.15) is 0 Å². The molecule has 0 bridgehead atoms. The van der Waals surface area contributed by atoms with E-state index in [1.165, 1.54) is 18.2 Å². The van der Waals surface area contributed by atoms with Crippen LogP contribution in [0.25, 0.3) is 0 Å². The lowest BCUT2D eigenvalue weighted by atomic mass is 10.3. The van der Waals surface area contributed by atoms with Crippen molar-refractivity contribution < 1.29 is 4.39 Å². The number of hydrogen-bond acceptors (Lipinski definition) is 2. The molecule has 1 aromatic carbocycles. The van der Waals surface area contributed by atoms with Gasteiger partial charge in [0.05, 0.1) is 29.1 Å². The highest BCUT2D eigenvalue weighted by atomic mass is 35.5. The van der Waals surface area contributed by atoms with Crippen molar-refractivity contribution in [2.45, 2.75) is 13.5 Å². The molecule has 0 atom stereocenters. The lowest BCUT2D eigenvalue weighted by Crippen LogP contribution is -2.00. The number of benzene rings is 1. The molecule has 16 heavy (non-hydrogen) atoms. The second-order valence-corrected chi connectivity index (χ2v) is 3.88. The van der Waals surface area contributed by atoms with Gasteiger partial charge in [-0.3, -0.25) is 0 Å². The molecule has 0 saturated heterocycles. The average Bonchev–Trinajstić information content (AvgIpc) is 2.66. The zero-order chi connectivity index (χ0) is 11.5. The summed E-state index contributed by atoms with van der Waals surface area (Å²) in [6.45, 7) is 2.41. The van der Waals surface area contributed by atoms with Gasteiger partial charge in [-0.25, -0.2) is 9.37 Å². The zero-order valence-corrected chi connectivity index (χ0v) is 9.48. The molecule has 0 saturated carbocycles. The third-order valence-electron chi connectivity index (χ3n) is 2.15. The smallest absolute Gasteiger partial charge is 0.125 e. The summed E-state index contributed by atoms with van der Waals surface area (Å²) in [5, 5.41) is 3.54. The quantitative estimate of drug-likeness (QED) is 0.864. The fourth-order valence-corrected chi connectivity index (χ4v) is 1.57. The van der Waals surface area contributed by atoms with Gasteiger partial charge < -0.3 is 10.3 Å². The maximum atomic E-state index is 13.0. The maximum Gasteiger partial charge on any atom is 0.125 e. The predicted octanol–water partition coefficient (Wildman–Crippen LogP) is 3.12. The van der Waals surface area contributed by atoms with E-state index >= 15 is 0 Å². The van der Waals surface area contributed by atoms with Crippen LogP contribution in [-0.2, 0) is 6.54 Å². The fourth-order valence-electron chi connectivity index (χ4n) is 1.38. The van der Waals surface area contributed by atoms with E-state index in [1.54, 1.807) is 6.20 Å². The number of hydrogen-bond donors (Lipinski definition) is 2. The van der Waals surface area contributed by atoms with E-state index in [2.05, 4.69) is 15.3 Å². The Labute approximate surface area is 97.7 Å². The Bertz CT molecular complexity index is 496. The molecule has 0 aliphatic heterocycles. The Morgan fingerprint density at radius 1 is 1.50 bits per heavy atom. The topological polar surface area (TPSA) is 40.7 Å². The molecular formula is C11H11ClFN3. The molecule has 5 heteroatoms. The second-order valence-electron chi connectivity index (χ2n) is 3.47. The Morgan fingerprint density at radius 3 is 3.00 bits per heavy atom. The van der Waals surface area contributed by atoms with Gasteiger partial charge in [0.1, 0.15) is 11.6 Å². The van der Waals surface area contributed by atoms with Crippen LogP contribution in [0.15, 0.2) is 24.4 Å². The van der Waals surface area contributed by atoms with E-state index in [1.807, 2.05) is 6.92 Å². The molecule has 1 heterocycles. The van der Waals surface area contributed by atoms with Crippen LogP contribution in [0.5, 0.6) is 0 Å². The van der Waals surface area contributed by atoms with Crippen molar-refractivity contribution in [3.05, 3.63) is 46.8 Å². The molecule has 2 rings (SSSR count). The Kier molecular flexibility index (Phi) is 3.10. The van der Waals surface area contributed by atoms with Crippen LogP contribution in [0.3, 0.4) is 0 Å². The minimum absolute atomic E-state index is 0.312. The standard InChI is InChI=1S/C11H11ClFN3/c1-7-14-5-9(16-7)6-15-11-4-8(13)2-3-10(11)12/h2-5,15H,6H2,1H3,(H,14,16). The largest absolute Gasteiger partial charge is 0.378 e. The summed E-state index contributed by atoms with van der Waals surface area (Å²) < 4.78 is 13.0. The summed E-state index contributed by atoms with van der Waals surface area (Å²) >= 11 is 5.91. The molecule has 1 aromatic heterocycles. The number of nitrogens with one attached hydrogen (secondary N) is 2. The van der Waals surface area contributed by atoms with Crippen molar-refractivity contribution in [2.75, 3.05) is 5.32 Å². The van der Waals surface area contributed by atoms with Crippen molar-refractivity contribution >= 4 is 17.3 Å². The molecule has 2 N–H and O–H groups in total. The first kappa shape index (κ1) is 11.0. The van der Waals surface area contributed by atoms with Crippen LogP contribution in [0.2, 0.25) is 5.02 Å². The lowest BCUT2D eigenvalue weighted by molar-refractivity contribution is 0.628. The van der Waals surface area contributed by atoms with Gasteiger partial charge in [-0.05, 0) is 25.1 Å². The average molecular weight is 240 g/mol. The monoisotopic (exact) mass is 239 g/mol. The van der Waals surface area contributed by atoms with E-state index in [0.717, 1.165) is 11.5 Å². The molecule has 3 nitrogen and oxygen atoms in total. The fraction of sp³-hybridized carbons (Fsp3) is 0.182. The van der Waals surface area contributed by atoms with E-state index in [-0.39, 0.29) is 5.82 Å². The number of anilines is 1. The molecule has 84 valence electrons. The highest BCUT2D eigenvalue weighted by Crippen LogP contribution is 2.22. The highest BCUT2D eigenvalue weighted by Gasteiger charge is 2.02. The summed E-state index contributed by atoms with van der Waals surface area (Å²) in [6.07, 6.45) is 1.73. The number of aromatic amines is 1. The minimum Gasteiger partial charge on any atom is -0.378 e. The molecule has 0 aliphatic carbocycles. The van der Waals surface area contributed by atoms with Crippen LogP contribution in [0, 0.1) is 12.7 Å². The molecule has 0 fully saturated rings. The van der Waals surface area contributed by atoms with Crippen LogP contribution < -0.4 is 5.32 Å². The van der Waals surface area contributed by atoms with Crippen LogP contribution in [0.1, 0.15) is 11.5 Å². The predicted molar refractivity (Wildman–Crippen MR) is 62.1 cm³/mol.